The average Bonchev–Trinajstić information content (AvgIpc) is 2.78. The second-order valence-electron chi connectivity index (χ2n) is 5.11. The van der Waals surface area contributed by atoms with E-state index in [1.165, 1.54) is 22.2 Å². The number of benzene rings is 2. The maximum absolute atomic E-state index is 3.57. The Kier molecular flexibility index (Phi) is 3.19. The van der Waals surface area contributed by atoms with Crippen LogP contribution < -0.4 is 0 Å². The van der Waals surface area contributed by atoms with Gasteiger partial charge < -0.3 is 4.57 Å². The zero-order valence-electron chi connectivity index (χ0n) is 11.1. The van der Waals surface area contributed by atoms with Crippen LogP contribution in [0.3, 0.4) is 0 Å². The van der Waals surface area contributed by atoms with Crippen molar-refractivity contribution in [3.05, 3.63) is 64.8 Å². The number of hydrogen-bond donors (Lipinski definition) is 0. The molecule has 0 spiro atoms. The summed E-state index contributed by atoms with van der Waals surface area (Å²) in [5.41, 5.74) is 3.86. The highest BCUT2D eigenvalue weighted by atomic mass is 79.9. The Hall–Kier alpha value is -1.54. The van der Waals surface area contributed by atoms with Gasteiger partial charge in [-0.2, -0.15) is 0 Å². The molecule has 0 radical (unpaired) electrons. The molecule has 2 heteroatoms. The summed E-state index contributed by atoms with van der Waals surface area (Å²) in [6, 6.07) is 17.0. The van der Waals surface area contributed by atoms with Crippen LogP contribution in [0.5, 0.6) is 0 Å². The summed E-state index contributed by atoms with van der Waals surface area (Å²) < 4.78 is 3.41. The fourth-order valence-electron chi connectivity index (χ4n) is 2.49. The van der Waals surface area contributed by atoms with E-state index in [1.807, 2.05) is 0 Å². The third-order valence-corrected chi connectivity index (χ3v) is 3.95. The first-order chi connectivity index (χ1) is 9.16. The zero-order valence-corrected chi connectivity index (χ0v) is 12.7. The first-order valence-corrected chi connectivity index (χ1v) is 7.32. The third kappa shape index (κ3) is 2.21. The molecule has 0 saturated heterocycles. The molecule has 0 saturated carbocycles. The molecule has 1 aromatic heterocycles. The van der Waals surface area contributed by atoms with Crippen molar-refractivity contribution in [1.82, 2.24) is 4.57 Å². The maximum atomic E-state index is 3.57. The number of halogens is 1. The molecule has 3 rings (SSSR count). The van der Waals surface area contributed by atoms with Crippen LogP contribution in [0.15, 0.2) is 59.2 Å². The quantitative estimate of drug-likeness (QED) is 0.587. The first-order valence-electron chi connectivity index (χ1n) is 6.53. The Bertz CT molecular complexity index is 711. The highest BCUT2D eigenvalue weighted by Crippen LogP contribution is 2.31. The minimum Gasteiger partial charge on any atom is -0.316 e. The van der Waals surface area contributed by atoms with Crippen molar-refractivity contribution < 1.29 is 0 Å². The predicted octanol–water partition coefficient (Wildman–Crippen LogP) is 5.52. The van der Waals surface area contributed by atoms with E-state index in [0.29, 0.717) is 5.92 Å². The number of para-hydroxylation sites is 1. The molecule has 0 aliphatic heterocycles. The van der Waals surface area contributed by atoms with E-state index in [-0.39, 0.29) is 0 Å². The normalized spacial score (nSPS) is 11.4. The molecular formula is C17H16BrN. The molecule has 0 aliphatic carbocycles. The summed E-state index contributed by atoms with van der Waals surface area (Å²) in [6.45, 7) is 4.48. The van der Waals surface area contributed by atoms with E-state index < -0.39 is 0 Å². The predicted molar refractivity (Wildman–Crippen MR) is 85.1 cm³/mol. The third-order valence-electron chi connectivity index (χ3n) is 3.45. The van der Waals surface area contributed by atoms with Crippen molar-refractivity contribution in [1.29, 1.82) is 0 Å². The fourth-order valence-corrected chi connectivity index (χ4v) is 2.85. The van der Waals surface area contributed by atoms with Crippen molar-refractivity contribution in [2.24, 2.45) is 0 Å². The van der Waals surface area contributed by atoms with Gasteiger partial charge in [0, 0.05) is 21.7 Å². The molecule has 0 aliphatic rings. The van der Waals surface area contributed by atoms with E-state index in [4.69, 9.17) is 0 Å². The summed E-state index contributed by atoms with van der Waals surface area (Å²) in [5, 5.41) is 1.33. The lowest BCUT2D eigenvalue weighted by atomic mass is 10.0. The van der Waals surface area contributed by atoms with Crippen LogP contribution in [0.1, 0.15) is 25.3 Å². The Balaban J connectivity index is 2.32. The number of aromatic nitrogens is 1. The van der Waals surface area contributed by atoms with Gasteiger partial charge in [-0.05, 0) is 41.8 Å². The molecule has 0 unspecified atom stereocenters. The van der Waals surface area contributed by atoms with E-state index in [9.17, 15) is 0 Å². The lowest BCUT2D eigenvalue weighted by molar-refractivity contribution is 0.870. The molecule has 0 bridgehead atoms. The zero-order chi connectivity index (χ0) is 13.4. The topological polar surface area (TPSA) is 4.93 Å². The molecule has 0 atom stereocenters. The van der Waals surface area contributed by atoms with E-state index >= 15 is 0 Å². The molecule has 3 aromatic rings. The van der Waals surface area contributed by atoms with Gasteiger partial charge in [-0.15, -0.1) is 0 Å². The van der Waals surface area contributed by atoms with Gasteiger partial charge in [0.25, 0.3) is 0 Å². The Morgan fingerprint density at radius 1 is 1.00 bits per heavy atom. The van der Waals surface area contributed by atoms with Crippen molar-refractivity contribution in [2.45, 2.75) is 19.8 Å². The van der Waals surface area contributed by atoms with Gasteiger partial charge in [0.05, 0.1) is 5.52 Å². The van der Waals surface area contributed by atoms with Crippen molar-refractivity contribution in [2.75, 3.05) is 0 Å². The largest absolute Gasteiger partial charge is 0.316 e. The molecule has 1 heterocycles. The summed E-state index contributed by atoms with van der Waals surface area (Å²) in [7, 11) is 0. The van der Waals surface area contributed by atoms with Crippen LogP contribution in [-0.4, -0.2) is 4.57 Å². The Labute approximate surface area is 122 Å². The van der Waals surface area contributed by atoms with Crippen LogP contribution in [-0.2, 0) is 0 Å². The number of nitrogens with zero attached hydrogens (tertiary/aromatic N) is 1. The molecule has 0 fully saturated rings. The van der Waals surface area contributed by atoms with E-state index in [1.54, 1.807) is 0 Å². The molecule has 96 valence electrons. The van der Waals surface area contributed by atoms with Gasteiger partial charge in [-0.3, -0.25) is 0 Å². The standard InChI is InChI=1S/C17H16BrN/c1-12(2)16-11-19(14-6-4-3-5-7-14)17-9-8-13(18)10-15(16)17/h3-12H,1-2H3. The van der Waals surface area contributed by atoms with E-state index in [2.05, 4.69) is 89.1 Å². The summed E-state index contributed by atoms with van der Waals surface area (Å²) in [4.78, 5) is 0. The summed E-state index contributed by atoms with van der Waals surface area (Å²) >= 11 is 3.57. The highest BCUT2D eigenvalue weighted by molar-refractivity contribution is 9.10. The van der Waals surface area contributed by atoms with Crippen LogP contribution in [0.2, 0.25) is 0 Å². The smallest absolute Gasteiger partial charge is 0.0532 e. The Morgan fingerprint density at radius 3 is 2.42 bits per heavy atom. The molecule has 1 nitrogen and oxygen atoms in total. The van der Waals surface area contributed by atoms with Crippen molar-refractivity contribution in [3.8, 4) is 5.69 Å². The van der Waals surface area contributed by atoms with Gasteiger partial charge in [0.15, 0.2) is 0 Å². The van der Waals surface area contributed by atoms with Crippen LogP contribution >= 0.6 is 15.9 Å². The lowest BCUT2D eigenvalue weighted by Gasteiger charge is -2.04. The summed E-state index contributed by atoms with van der Waals surface area (Å²) in [6.07, 6.45) is 2.26. The number of hydrogen-bond acceptors (Lipinski definition) is 0. The van der Waals surface area contributed by atoms with Gasteiger partial charge in [0.2, 0.25) is 0 Å². The molecular weight excluding hydrogens is 298 g/mol. The second kappa shape index (κ2) is 4.86. The SMILES string of the molecule is CC(C)c1cn(-c2ccccc2)c2ccc(Br)cc12. The fraction of sp³-hybridized carbons (Fsp3) is 0.176. The summed E-state index contributed by atoms with van der Waals surface area (Å²) in [5.74, 6) is 0.516. The van der Waals surface area contributed by atoms with E-state index in [0.717, 1.165) is 4.47 Å². The molecule has 0 N–H and O–H groups in total. The van der Waals surface area contributed by atoms with Crippen molar-refractivity contribution in [3.63, 3.8) is 0 Å². The van der Waals surface area contributed by atoms with Crippen LogP contribution in [0, 0.1) is 0 Å². The number of fused-ring (bicyclic) bond motifs is 1. The maximum Gasteiger partial charge on any atom is 0.0532 e. The van der Waals surface area contributed by atoms with Crippen LogP contribution in [0.4, 0.5) is 0 Å². The monoisotopic (exact) mass is 313 g/mol. The highest BCUT2D eigenvalue weighted by Gasteiger charge is 2.12. The lowest BCUT2D eigenvalue weighted by Crippen LogP contribution is -1.90. The minimum atomic E-state index is 0.516. The molecule has 2 aromatic carbocycles. The second-order valence-corrected chi connectivity index (χ2v) is 6.02. The average molecular weight is 314 g/mol. The van der Waals surface area contributed by atoms with Gasteiger partial charge in [-0.1, -0.05) is 48.0 Å². The first kappa shape index (κ1) is 12.5. The number of rotatable bonds is 2. The van der Waals surface area contributed by atoms with Crippen molar-refractivity contribution >= 4 is 26.8 Å². The van der Waals surface area contributed by atoms with Gasteiger partial charge >= 0.3 is 0 Å². The minimum absolute atomic E-state index is 0.516. The Morgan fingerprint density at radius 2 is 1.74 bits per heavy atom. The molecule has 0 amide bonds. The van der Waals surface area contributed by atoms with Gasteiger partial charge in [-0.25, -0.2) is 0 Å². The molecule has 19 heavy (non-hydrogen) atoms. The van der Waals surface area contributed by atoms with Gasteiger partial charge in [0.1, 0.15) is 0 Å². The van der Waals surface area contributed by atoms with Crippen LogP contribution in [0.25, 0.3) is 16.6 Å².